The van der Waals surface area contributed by atoms with E-state index in [2.05, 4.69) is 21.7 Å². The second kappa shape index (κ2) is 11.1. The van der Waals surface area contributed by atoms with Crippen LogP contribution in [0.2, 0.25) is 0 Å². The molecule has 192 valence electrons. The molecule has 1 fully saturated rings. The summed E-state index contributed by atoms with van der Waals surface area (Å²) in [6, 6.07) is 13.7. The zero-order valence-corrected chi connectivity index (χ0v) is 21.1. The number of amides is 1. The molecule has 0 atom stereocenters. The zero-order chi connectivity index (χ0) is 25.8. The minimum Gasteiger partial charge on any atom is -0.441 e. The van der Waals surface area contributed by atoms with Crippen LogP contribution in [0.5, 0.6) is 0 Å². The highest BCUT2D eigenvalue weighted by Gasteiger charge is 2.28. The maximum Gasteiger partial charge on any atom is 0.227 e. The Morgan fingerprint density at radius 1 is 1.08 bits per heavy atom. The summed E-state index contributed by atoms with van der Waals surface area (Å²) in [7, 11) is 0. The van der Waals surface area contributed by atoms with Crippen LogP contribution in [0.4, 0.5) is 10.1 Å². The number of aryl methyl sites for hydroxylation is 2. The third-order valence-electron chi connectivity index (χ3n) is 6.60. The fraction of sp³-hybridized carbons (Fsp3) is 0.379. The molecule has 5 rings (SSSR count). The molecule has 0 saturated heterocycles. The summed E-state index contributed by atoms with van der Waals surface area (Å²) in [4.78, 5) is 23.8. The lowest BCUT2D eigenvalue weighted by Gasteiger charge is -2.23. The van der Waals surface area contributed by atoms with Gasteiger partial charge in [0.05, 0.1) is 5.83 Å². The maximum absolute atomic E-state index is 13.3. The molecule has 7 nitrogen and oxygen atoms in total. The van der Waals surface area contributed by atoms with Crippen LogP contribution in [0.15, 0.2) is 63.8 Å². The summed E-state index contributed by atoms with van der Waals surface area (Å²) in [6.07, 6.45) is 5.74. The van der Waals surface area contributed by atoms with Crippen LogP contribution in [-0.2, 0) is 11.2 Å². The number of hydrogen-bond donors (Lipinski definition) is 0. The van der Waals surface area contributed by atoms with Crippen molar-refractivity contribution in [1.82, 2.24) is 15.1 Å². The Hall–Kier alpha value is -3.81. The quantitative estimate of drug-likeness (QED) is 0.193. The first-order chi connectivity index (χ1) is 18.0. The molecule has 0 aliphatic heterocycles. The van der Waals surface area contributed by atoms with Crippen molar-refractivity contribution in [3.8, 4) is 11.1 Å². The monoisotopic (exact) mass is 502 g/mol. The van der Waals surface area contributed by atoms with Crippen LogP contribution in [0.3, 0.4) is 0 Å². The van der Waals surface area contributed by atoms with Crippen LogP contribution in [0.1, 0.15) is 68.5 Å². The van der Waals surface area contributed by atoms with Crippen LogP contribution in [0, 0.1) is 6.92 Å². The van der Waals surface area contributed by atoms with E-state index in [-0.39, 0.29) is 18.7 Å². The van der Waals surface area contributed by atoms with Crippen LogP contribution in [-0.4, -0.2) is 27.6 Å². The summed E-state index contributed by atoms with van der Waals surface area (Å²) in [6.45, 7) is 5.66. The number of benzene rings is 2. The van der Waals surface area contributed by atoms with E-state index in [9.17, 15) is 9.18 Å². The lowest BCUT2D eigenvalue weighted by atomic mass is 10.0. The smallest absolute Gasteiger partial charge is 0.227 e. The van der Waals surface area contributed by atoms with E-state index < -0.39 is 5.83 Å². The largest absolute Gasteiger partial charge is 0.441 e. The highest BCUT2D eigenvalue weighted by atomic mass is 19.1. The molecule has 0 spiro atoms. The van der Waals surface area contributed by atoms with Crippen molar-refractivity contribution in [2.45, 2.75) is 64.2 Å². The van der Waals surface area contributed by atoms with Crippen LogP contribution in [0.25, 0.3) is 22.2 Å². The van der Waals surface area contributed by atoms with Crippen molar-refractivity contribution in [3.63, 3.8) is 0 Å². The van der Waals surface area contributed by atoms with Gasteiger partial charge in [0.15, 0.2) is 17.3 Å². The lowest BCUT2D eigenvalue weighted by molar-refractivity contribution is -0.118. The number of allylic oxidation sites excluding steroid dienone is 1. The fourth-order valence-corrected chi connectivity index (χ4v) is 4.45. The molecule has 2 aromatic carbocycles. The highest BCUT2D eigenvalue weighted by Crippen LogP contribution is 2.38. The van der Waals surface area contributed by atoms with Gasteiger partial charge in [0.25, 0.3) is 0 Å². The zero-order valence-electron chi connectivity index (χ0n) is 21.1. The van der Waals surface area contributed by atoms with Gasteiger partial charge in [-0.25, -0.2) is 9.37 Å². The van der Waals surface area contributed by atoms with Gasteiger partial charge in [0, 0.05) is 44.3 Å². The molecule has 2 heterocycles. The predicted octanol–water partition coefficient (Wildman–Crippen LogP) is 7.07. The van der Waals surface area contributed by atoms with E-state index in [4.69, 9.17) is 8.94 Å². The first kappa shape index (κ1) is 24.9. The maximum atomic E-state index is 13.3. The fourth-order valence-electron chi connectivity index (χ4n) is 4.45. The number of carbonyl (C=O) groups excluding carboxylic acids is 1. The first-order valence-corrected chi connectivity index (χ1v) is 12.9. The van der Waals surface area contributed by atoms with Crippen molar-refractivity contribution in [1.29, 1.82) is 0 Å². The number of carbonyl (C=O) groups is 1. The van der Waals surface area contributed by atoms with E-state index in [0.29, 0.717) is 24.2 Å². The number of oxazole rings is 1. The number of hydrogen-bond acceptors (Lipinski definition) is 6. The molecule has 0 bridgehead atoms. The van der Waals surface area contributed by atoms with Crippen molar-refractivity contribution in [3.05, 3.63) is 72.5 Å². The minimum absolute atomic E-state index is 0.0255. The van der Waals surface area contributed by atoms with Gasteiger partial charge in [-0.15, -0.1) is 0 Å². The Morgan fingerprint density at radius 2 is 1.92 bits per heavy atom. The Kier molecular flexibility index (Phi) is 7.44. The van der Waals surface area contributed by atoms with Gasteiger partial charge in [-0.2, -0.15) is 4.98 Å². The van der Waals surface area contributed by atoms with Gasteiger partial charge in [0.2, 0.25) is 11.8 Å². The Morgan fingerprint density at radius 3 is 2.73 bits per heavy atom. The molecule has 1 amide bonds. The summed E-state index contributed by atoms with van der Waals surface area (Å²) in [5.41, 5.74) is 4.27. The summed E-state index contributed by atoms with van der Waals surface area (Å²) < 4.78 is 24.3. The Balaban J connectivity index is 1.25. The second-order valence-electron chi connectivity index (χ2n) is 9.66. The Bertz CT molecular complexity index is 1410. The number of halogens is 1. The molecule has 8 heteroatoms. The van der Waals surface area contributed by atoms with Gasteiger partial charge in [-0.1, -0.05) is 36.4 Å². The third kappa shape index (κ3) is 6.31. The molecule has 2 aromatic heterocycles. The number of anilines is 1. The molecule has 1 saturated carbocycles. The molecular weight excluding hydrogens is 471 g/mol. The second-order valence-corrected chi connectivity index (χ2v) is 9.66. The average molecular weight is 503 g/mol. The number of fused-ring (bicyclic) bond motifs is 1. The van der Waals surface area contributed by atoms with Gasteiger partial charge >= 0.3 is 0 Å². The van der Waals surface area contributed by atoms with E-state index in [1.807, 2.05) is 49.4 Å². The van der Waals surface area contributed by atoms with E-state index in [0.717, 1.165) is 72.3 Å². The lowest BCUT2D eigenvalue weighted by Crippen LogP contribution is -2.31. The molecule has 1 aliphatic rings. The van der Waals surface area contributed by atoms with E-state index >= 15 is 0 Å². The predicted molar refractivity (Wildman–Crippen MR) is 140 cm³/mol. The standard InChI is InChI=1S/C29H31FN4O3/c1-19(30)10-15-28(35)34(16-5-3-4-9-27-32-29(33-37-27)21-11-12-21)24-8-6-7-22(17-24)23-13-14-26-25(18-23)31-20(2)36-26/h6-8,13-14,17-18,21H,1,3-5,9-12,15-16H2,2H3. The van der Waals surface area contributed by atoms with Gasteiger partial charge in [-0.3, -0.25) is 4.79 Å². The van der Waals surface area contributed by atoms with Crippen molar-refractivity contribution in [2.24, 2.45) is 0 Å². The number of rotatable bonds is 12. The van der Waals surface area contributed by atoms with Crippen molar-refractivity contribution < 1.29 is 18.1 Å². The molecule has 4 aromatic rings. The molecule has 37 heavy (non-hydrogen) atoms. The number of aromatic nitrogens is 3. The normalized spacial score (nSPS) is 13.2. The van der Waals surface area contributed by atoms with E-state index in [1.54, 1.807) is 4.90 Å². The third-order valence-corrected chi connectivity index (χ3v) is 6.60. The molecule has 0 unspecified atom stereocenters. The summed E-state index contributed by atoms with van der Waals surface area (Å²) >= 11 is 0. The first-order valence-electron chi connectivity index (χ1n) is 12.9. The van der Waals surface area contributed by atoms with Gasteiger partial charge in [-0.05, 0) is 61.1 Å². The summed E-state index contributed by atoms with van der Waals surface area (Å²) in [5, 5.41) is 4.07. The SMILES string of the molecule is C=C(F)CCC(=O)N(CCCCCc1nc(C2CC2)no1)c1cccc(-c2ccc3oc(C)nc3c2)c1. The number of unbranched alkanes of at least 4 members (excludes halogenated alkanes) is 2. The molecule has 0 radical (unpaired) electrons. The van der Waals surface area contributed by atoms with E-state index in [1.165, 1.54) is 0 Å². The Labute approximate surface area is 215 Å². The number of nitrogens with zero attached hydrogens (tertiary/aromatic N) is 4. The highest BCUT2D eigenvalue weighted by molar-refractivity contribution is 5.94. The van der Waals surface area contributed by atoms with Crippen LogP contribution >= 0.6 is 0 Å². The van der Waals surface area contributed by atoms with Gasteiger partial charge < -0.3 is 13.8 Å². The topological polar surface area (TPSA) is 85.3 Å². The minimum atomic E-state index is -0.483. The molecule has 0 N–H and O–H groups in total. The van der Waals surface area contributed by atoms with Crippen molar-refractivity contribution >= 4 is 22.7 Å². The summed E-state index contributed by atoms with van der Waals surface area (Å²) in [5.74, 6) is 2.01. The molecule has 1 aliphatic carbocycles. The van der Waals surface area contributed by atoms with Crippen LogP contribution < -0.4 is 4.90 Å². The van der Waals surface area contributed by atoms with Crippen molar-refractivity contribution in [2.75, 3.05) is 11.4 Å². The van der Waals surface area contributed by atoms with Gasteiger partial charge in [0.1, 0.15) is 5.52 Å². The average Bonchev–Trinajstić information content (AvgIpc) is 3.51. The molecular formula is C29H31FN4O3.